The summed E-state index contributed by atoms with van der Waals surface area (Å²) in [6.45, 7) is 0.254. The zero-order chi connectivity index (χ0) is 10.4. The van der Waals surface area contributed by atoms with Crippen molar-refractivity contribution in [2.75, 3.05) is 13.7 Å². The van der Waals surface area contributed by atoms with Crippen LogP contribution in [0.25, 0.3) is 0 Å². The van der Waals surface area contributed by atoms with Gasteiger partial charge in [0.05, 0.1) is 7.11 Å². The molecule has 0 aliphatic heterocycles. The number of halogens is 1. The van der Waals surface area contributed by atoms with Crippen molar-refractivity contribution in [3.8, 4) is 23.8 Å². The van der Waals surface area contributed by atoms with E-state index in [4.69, 9.17) is 15.9 Å². The van der Waals surface area contributed by atoms with Crippen LogP contribution < -0.4 is 9.47 Å². The molecule has 0 radical (unpaired) electrons. The van der Waals surface area contributed by atoms with E-state index in [2.05, 4.69) is 21.9 Å². The van der Waals surface area contributed by atoms with Gasteiger partial charge in [-0.3, -0.25) is 0 Å². The Hall–Kier alpha value is -1.14. The Kier molecular flexibility index (Phi) is 4.34. The summed E-state index contributed by atoms with van der Waals surface area (Å²) in [5, 5.41) is 0.790. The fourth-order valence-corrected chi connectivity index (χ4v) is 1.38. The third-order valence-electron chi connectivity index (χ3n) is 1.69. The summed E-state index contributed by atoms with van der Waals surface area (Å²) in [5.74, 6) is 3.79. The Labute approximate surface area is 92.3 Å². The standard InChI is InChI=1S/C11H11BrO2/c1-3-6-14-10-5-4-9(8-12)7-11(10)13-2/h1,4-5,7H,6,8H2,2H3. The molecule has 0 saturated heterocycles. The molecule has 0 fully saturated rings. The zero-order valence-electron chi connectivity index (χ0n) is 7.92. The number of alkyl halides is 1. The van der Waals surface area contributed by atoms with Crippen LogP contribution >= 0.6 is 15.9 Å². The summed E-state index contributed by atoms with van der Waals surface area (Å²) < 4.78 is 10.5. The maximum Gasteiger partial charge on any atom is 0.162 e. The summed E-state index contributed by atoms with van der Waals surface area (Å²) in [6.07, 6.45) is 5.10. The number of ether oxygens (including phenoxy) is 2. The van der Waals surface area contributed by atoms with E-state index in [0.29, 0.717) is 11.5 Å². The molecule has 14 heavy (non-hydrogen) atoms. The number of methoxy groups -OCH3 is 1. The van der Waals surface area contributed by atoms with E-state index < -0.39 is 0 Å². The van der Waals surface area contributed by atoms with Gasteiger partial charge in [-0.2, -0.15) is 0 Å². The van der Waals surface area contributed by atoms with Crippen molar-refractivity contribution in [1.29, 1.82) is 0 Å². The van der Waals surface area contributed by atoms with Gasteiger partial charge in [0, 0.05) is 5.33 Å². The van der Waals surface area contributed by atoms with Crippen LogP contribution in [0.15, 0.2) is 18.2 Å². The molecule has 0 unspecified atom stereocenters. The van der Waals surface area contributed by atoms with Gasteiger partial charge in [-0.1, -0.05) is 27.9 Å². The van der Waals surface area contributed by atoms with Gasteiger partial charge < -0.3 is 9.47 Å². The Morgan fingerprint density at radius 3 is 2.79 bits per heavy atom. The first-order valence-corrected chi connectivity index (χ1v) is 5.23. The first-order valence-electron chi connectivity index (χ1n) is 4.11. The molecule has 0 spiro atoms. The molecule has 0 aliphatic rings. The van der Waals surface area contributed by atoms with Gasteiger partial charge >= 0.3 is 0 Å². The highest BCUT2D eigenvalue weighted by atomic mass is 79.9. The van der Waals surface area contributed by atoms with Crippen molar-refractivity contribution in [1.82, 2.24) is 0 Å². The minimum atomic E-state index is 0.254. The van der Waals surface area contributed by atoms with Crippen LogP contribution in [0.5, 0.6) is 11.5 Å². The van der Waals surface area contributed by atoms with Gasteiger partial charge in [0.25, 0.3) is 0 Å². The molecule has 3 heteroatoms. The Morgan fingerprint density at radius 1 is 1.43 bits per heavy atom. The second kappa shape index (κ2) is 5.56. The number of rotatable bonds is 4. The van der Waals surface area contributed by atoms with Crippen LogP contribution in [-0.2, 0) is 5.33 Å². The monoisotopic (exact) mass is 254 g/mol. The van der Waals surface area contributed by atoms with Crippen LogP contribution in [0.3, 0.4) is 0 Å². The highest BCUT2D eigenvalue weighted by molar-refractivity contribution is 9.08. The number of hydrogen-bond donors (Lipinski definition) is 0. The lowest BCUT2D eigenvalue weighted by molar-refractivity contribution is 0.331. The predicted molar refractivity (Wildman–Crippen MR) is 60.0 cm³/mol. The van der Waals surface area contributed by atoms with Crippen LogP contribution in [0.1, 0.15) is 5.56 Å². The minimum absolute atomic E-state index is 0.254. The van der Waals surface area contributed by atoms with Crippen LogP contribution in [-0.4, -0.2) is 13.7 Å². The van der Waals surface area contributed by atoms with Crippen molar-refractivity contribution >= 4 is 15.9 Å². The molecule has 0 atom stereocenters. The van der Waals surface area contributed by atoms with E-state index in [1.807, 2.05) is 18.2 Å². The fourth-order valence-electron chi connectivity index (χ4n) is 1.03. The fraction of sp³-hybridized carbons (Fsp3) is 0.273. The lowest BCUT2D eigenvalue weighted by Crippen LogP contribution is -1.97. The summed E-state index contributed by atoms with van der Waals surface area (Å²) in [6, 6.07) is 5.73. The third kappa shape index (κ3) is 2.68. The molecule has 0 N–H and O–H groups in total. The molecule has 2 nitrogen and oxygen atoms in total. The first kappa shape index (κ1) is 10.9. The third-order valence-corrected chi connectivity index (χ3v) is 2.34. The van der Waals surface area contributed by atoms with Crippen LogP contribution in [0.2, 0.25) is 0 Å². The number of benzene rings is 1. The van der Waals surface area contributed by atoms with Crippen molar-refractivity contribution < 1.29 is 9.47 Å². The maximum atomic E-state index is 5.30. The minimum Gasteiger partial charge on any atom is -0.493 e. The van der Waals surface area contributed by atoms with Gasteiger partial charge in [-0.05, 0) is 17.7 Å². The number of hydrogen-bond acceptors (Lipinski definition) is 2. The second-order valence-corrected chi connectivity index (χ2v) is 3.17. The van der Waals surface area contributed by atoms with E-state index in [1.165, 1.54) is 0 Å². The number of terminal acetylenes is 1. The van der Waals surface area contributed by atoms with Gasteiger partial charge in [0.15, 0.2) is 11.5 Å². The molecular weight excluding hydrogens is 244 g/mol. The molecular formula is C11H11BrO2. The molecule has 1 aromatic carbocycles. The Bertz CT molecular complexity index is 342. The molecule has 0 saturated carbocycles. The molecule has 0 aliphatic carbocycles. The molecule has 0 bridgehead atoms. The first-order chi connectivity index (χ1) is 6.81. The average Bonchev–Trinajstić information content (AvgIpc) is 2.26. The van der Waals surface area contributed by atoms with E-state index in [0.717, 1.165) is 10.9 Å². The van der Waals surface area contributed by atoms with Gasteiger partial charge in [0.2, 0.25) is 0 Å². The smallest absolute Gasteiger partial charge is 0.162 e. The van der Waals surface area contributed by atoms with Crippen molar-refractivity contribution in [2.45, 2.75) is 5.33 Å². The van der Waals surface area contributed by atoms with Crippen LogP contribution in [0, 0.1) is 12.3 Å². The lowest BCUT2D eigenvalue weighted by atomic mass is 10.2. The molecule has 1 rings (SSSR count). The van der Waals surface area contributed by atoms with Crippen molar-refractivity contribution in [2.24, 2.45) is 0 Å². The maximum absolute atomic E-state index is 5.30. The Balaban J connectivity index is 2.88. The predicted octanol–water partition coefficient (Wildman–Crippen LogP) is 2.60. The lowest BCUT2D eigenvalue weighted by Gasteiger charge is -2.09. The van der Waals surface area contributed by atoms with Crippen molar-refractivity contribution in [3.05, 3.63) is 23.8 Å². The molecule has 1 aromatic rings. The highest BCUT2D eigenvalue weighted by Crippen LogP contribution is 2.28. The van der Waals surface area contributed by atoms with Crippen molar-refractivity contribution in [3.63, 3.8) is 0 Å². The summed E-state index contributed by atoms with van der Waals surface area (Å²) in [5.41, 5.74) is 1.13. The summed E-state index contributed by atoms with van der Waals surface area (Å²) >= 11 is 3.37. The molecule has 0 amide bonds. The second-order valence-electron chi connectivity index (χ2n) is 2.61. The topological polar surface area (TPSA) is 18.5 Å². The molecule has 0 aromatic heterocycles. The largest absolute Gasteiger partial charge is 0.493 e. The van der Waals surface area contributed by atoms with Gasteiger partial charge in [0.1, 0.15) is 6.61 Å². The van der Waals surface area contributed by atoms with Crippen LogP contribution in [0.4, 0.5) is 0 Å². The summed E-state index contributed by atoms with van der Waals surface area (Å²) in [4.78, 5) is 0. The van der Waals surface area contributed by atoms with E-state index in [-0.39, 0.29) is 6.61 Å². The van der Waals surface area contributed by atoms with E-state index in [1.54, 1.807) is 7.11 Å². The summed E-state index contributed by atoms with van der Waals surface area (Å²) in [7, 11) is 1.61. The van der Waals surface area contributed by atoms with Gasteiger partial charge in [-0.25, -0.2) is 0 Å². The van der Waals surface area contributed by atoms with E-state index in [9.17, 15) is 0 Å². The Morgan fingerprint density at radius 2 is 2.21 bits per heavy atom. The normalized spacial score (nSPS) is 9.21. The molecule has 74 valence electrons. The highest BCUT2D eigenvalue weighted by Gasteiger charge is 2.04. The quantitative estimate of drug-likeness (QED) is 0.608. The average molecular weight is 255 g/mol. The van der Waals surface area contributed by atoms with Gasteiger partial charge in [-0.15, -0.1) is 6.42 Å². The SMILES string of the molecule is C#CCOc1ccc(CBr)cc1OC. The van der Waals surface area contributed by atoms with E-state index >= 15 is 0 Å². The zero-order valence-corrected chi connectivity index (χ0v) is 9.50. The molecule has 0 heterocycles.